The highest BCUT2D eigenvalue weighted by Gasteiger charge is 2.35. The van der Waals surface area contributed by atoms with Crippen LogP contribution < -0.4 is 5.73 Å². The fourth-order valence-electron chi connectivity index (χ4n) is 3.17. The van der Waals surface area contributed by atoms with Crippen LogP contribution in [0.4, 0.5) is 10.5 Å². The molecule has 4 nitrogen and oxygen atoms in total. The largest absolute Gasteiger partial charge is 0.399 e. The van der Waals surface area contributed by atoms with E-state index in [1.807, 2.05) is 28.0 Å². The molecule has 0 aromatic heterocycles. The summed E-state index contributed by atoms with van der Waals surface area (Å²) in [6.45, 7) is 4.72. The summed E-state index contributed by atoms with van der Waals surface area (Å²) in [7, 11) is 0. The van der Waals surface area contributed by atoms with E-state index in [0.29, 0.717) is 18.5 Å². The molecule has 1 heterocycles. The van der Waals surface area contributed by atoms with Crippen LogP contribution in [0.3, 0.4) is 0 Å². The summed E-state index contributed by atoms with van der Waals surface area (Å²) in [4.78, 5) is 16.9. The number of nitrogens with zero attached hydrogens (tertiary/aromatic N) is 2. The Labute approximate surface area is 126 Å². The molecular formula is C17H25N3O. The molecule has 1 saturated heterocycles. The lowest BCUT2D eigenvalue weighted by Crippen LogP contribution is -2.47. The van der Waals surface area contributed by atoms with Gasteiger partial charge in [-0.05, 0) is 49.3 Å². The van der Waals surface area contributed by atoms with Gasteiger partial charge >= 0.3 is 6.03 Å². The quantitative estimate of drug-likeness (QED) is 0.869. The van der Waals surface area contributed by atoms with Gasteiger partial charge in [0.15, 0.2) is 0 Å². The molecule has 2 amide bonds. The van der Waals surface area contributed by atoms with E-state index in [0.717, 1.165) is 43.6 Å². The van der Waals surface area contributed by atoms with Crippen LogP contribution in [-0.4, -0.2) is 35.0 Å². The van der Waals surface area contributed by atoms with Crippen molar-refractivity contribution in [3.05, 3.63) is 29.8 Å². The van der Waals surface area contributed by atoms with Gasteiger partial charge in [0, 0.05) is 31.4 Å². The number of carbonyl (C=O) groups is 1. The number of amides is 2. The maximum absolute atomic E-state index is 12.8. The molecule has 0 bridgehead atoms. The van der Waals surface area contributed by atoms with Crippen LogP contribution in [0.25, 0.3) is 0 Å². The Balaban J connectivity index is 1.70. The SMILES string of the molecule is CC1CCCN(C(=O)N(Cc2cccc(N)c2)C2CC2)C1. The monoisotopic (exact) mass is 287 g/mol. The minimum atomic E-state index is 0.214. The fraction of sp³-hybridized carbons (Fsp3) is 0.588. The lowest BCUT2D eigenvalue weighted by molar-refractivity contribution is 0.126. The smallest absolute Gasteiger partial charge is 0.320 e. The average molecular weight is 287 g/mol. The molecule has 1 atom stereocenters. The number of likely N-dealkylation sites (tertiary alicyclic amines) is 1. The molecule has 3 rings (SSSR count). The second kappa shape index (κ2) is 5.96. The summed E-state index contributed by atoms with van der Waals surface area (Å²) < 4.78 is 0. The molecule has 1 saturated carbocycles. The first-order valence-electron chi connectivity index (χ1n) is 8.03. The van der Waals surface area contributed by atoms with Gasteiger partial charge in [-0.15, -0.1) is 0 Å². The third kappa shape index (κ3) is 3.49. The van der Waals surface area contributed by atoms with Gasteiger partial charge in [0.1, 0.15) is 0 Å². The summed E-state index contributed by atoms with van der Waals surface area (Å²) in [5.41, 5.74) is 7.74. The summed E-state index contributed by atoms with van der Waals surface area (Å²) in [5, 5.41) is 0. The van der Waals surface area contributed by atoms with Crippen molar-refractivity contribution in [1.29, 1.82) is 0 Å². The van der Waals surface area contributed by atoms with Crippen LogP contribution in [0.2, 0.25) is 0 Å². The number of carbonyl (C=O) groups excluding carboxylic acids is 1. The van der Waals surface area contributed by atoms with Gasteiger partial charge in [0.05, 0.1) is 0 Å². The topological polar surface area (TPSA) is 49.6 Å². The standard InChI is InChI=1S/C17H25N3O/c1-13-4-3-9-19(11-13)17(21)20(16-7-8-16)12-14-5-2-6-15(18)10-14/h2,5-6,10,13,16H,3-4,7-9,11-12,18H2,1H3. The molecule has 1 aromatic carbocycles. The zero-order valence-electron chi connectivity index (χ0n) is 12.8. The van der Waals surface area contributed by atoms with E-state index in [2.05, 4.69) is 13.0 Å². The molecule has 1 aromatic rings. The van der Waals surface area contributed by atoms with Crippen molar-refractivity contribution in [1.82, 2.24) is 9.80 Å². The first kappa shape index (κ1) is 14.2. The molecule has 2 N–H and O–H groups in total. The molecule has 4 heteroatoms. The maximum Gasteiger partial charge on any atom is 0.320 e. The van der Waals surface area contributed by atoms with Gasteiger partial charge in [0.2, 0.25) is 0 Å². The van der Waals surface area contributed by atoms with Crippen LogP contribution in [0.1, 0.15) is 38.2 Å². The summed E-state index contributed by atoms with van der Waals surface area (Å²) in [6, 6.07) is 8.52. The lowest BCUT2D eigenvalue weighted by Gasteiger charge is -2.35. The van der Waals surface area contributed by atoms with E-state index in [1.165, 1.54) is 6.42 Å². The predicted octanol–water partition coefficient (Wildman–Crippen LogP) is 3.09. The predicted molar refractivity (Wildman–Crippen MR) is 84.8 cm³/mol. The van der Waals surface area contributed by atoms with Gasteiger partial charge in [-0.2, -0.15) is 0 Å². The Hall–Kier alpha value is -1.71. The van der Waals surface area contributed by atoms with E-state index in [-0.39, 0.29) is 6.03 Å². The van der Waals surface area contributed by atoms with Gasteiger partial charge < -0.3 is 15.5 Å². The minimum Gasteiger partial charge on any atom is -0.399 e. The lowest BCUT2D eigenvalue weighted by atomic mass is 10.0. The van der Waals surface area contributed by atoms with Crippen LogP contribution in [0.5, 0.6) is 0 Å². The number of anilines is 1. The van der Waals surface area contributed by atoms with Crippen molar-refractivity contribution < 1.29 is 4.79 Å². The highest BCUT2D eigenvalue weighted by atomic mass is 16.2. The molecule has 0 radical (unpaired) electrons. The average Bonchev–Trinajstić information content (AvgIpc) is 3.29. The van der Waals surface area contributed by atoms with Crippen LogP contribution >= 0.6 is 0 Å². The normalized spacial score (nSPS) is 22.1. The zero-order valence-corrected chi connectivity index (χ0v) is 12.8. The van der Waals surface area contributed by atoms with E-state index in [4.69, 9.17) is 5.73 Å². The van der Waals surface area contributed by atoms with Gasteiger partial charge in [-0.1, -0.05) is 19.1 Å². The first-order chi connectivity index (χ1) is 10.1. The molecule has 114 valence electrons. The number of benzene rings is 1. The Morgan fingerprint density at radius 1 is 1.38 bits per heavy atom. The van der Waals surface area contributed by atoms with Crippen molar-refractivity contribution >= 4 is 11.7 Å². The minimum absolute atomic E-state index is 0.214. The third-order valence-electron chi connectivity index (χ3n) is 4.46. The Morgan fingerprint density at radius 3 is 2.86 bits per heavy atom. The van der Waals surface area contributed by atoms with Crippen molar-refractivity contribution in [2.24, 2.45) is 5.92 Å². The molecule has 1 unspecified atom stereocenters. The van der Waals surface area contributed by atoms with Crippen LogP contribution in [-0.2, 0) is 6.54 Å². The van der Waals surface area contributed by atoms with E-state index in [1.54, 1.807) is 0 Å². The summed E-state index contributed by atoms with van der Waals surface area (Å²) in [5.74, 6) is 0.621. The van der Waals surface area contributed by atoms with Crippen molar-refractivity contribution in [3.8, 4) is 0 Å². The van der Waals surface area contributed by atoms with E-state index < -0.39 is 0 Å². The first-order valence-corrected chi connectivity index (χ1v) is 8.03. The molecule has 1 aliphatic heterocycles. The molecular weight excluding hydrogens is 262 g/mol. The Bertz CT molecular complexity index is 513. The number of piperidine rings is 1. The van der Waals surface area contributed by atoms with Crippen molar-refractivity contribution in [2.75, 3.05) is 18.8 Å². The molecule has 0 spiro atoms. The summed E-state index contributed by atoms with van der Waals surface area (Å²) >= 11 is 0. The van der Waals surface area contributed by atoms with Crippen LogP contribution in [0.15, 0.2) is 24.3 Å². The maximum atomic E-state index is 12.8. The molecule has 2 fully saturated rings. The third-order valence-corrected chi connectivity index (χ3v) is 4.46. The number of nitrogens with two attached hydrogens (primary N) is 1. The molecule has 2 aliphatic rings. The summed E-state index contributed by atoms with van der Waals surface area (Å²) in [6.07, 6.45) is 4.64. The molecule has 1 aliphatic carbocycles. The molecule has 21 heavy (non-hydrogen) atoms. The number of rotatable bonds is 3. The zero-order chi connectivity index (χ0) is 14.8. The van der Waals surface area contributed by atoms with Gasteiger partial charge in [-0.25, -0.2) is 4.79 Å². The highest BCUT2D eigenvalue weighted by Crippen LogP contribution is 2.30. The highest BCUT2D eigenvalue weighted by molar-refractivity contribution is 5.75. The number of hydrogen-bond acceptors (Lipinski definition) is 2. The van der Waals surface area contributed by atoms with Crippen molar-refractivity contribution in [3.63, 3.8) is 0 Å². The van der Waals surface area contributed by atoms with E-state index >= 15 is 0 Å². The number of nitrogen functional groups attached to an aromatic ring is 1. The number of urea groups is 1. The van der Waals surface area contributed by atoms with Crippen LogP contribution in [0, 0.1) is 5.92 Å². The van der Waals surface area contributed by atoms with Crippen molar-refractivity contribution in [2.45, 2.75) is 45.2 Å². The Morgan fingerprint density at radius 2 is 2.19 bits per heavy atom. The second-order valence-electron chi connectivity index (χ2n) is 6.58. The Kier molecular flexibility index (Phi) is 4.04. The van der Waals surface area contributed by atoms with Gasteiger partial charge in [-0.3, -0.25) is 0 Å². The van der Waals surface area contributed by atoms with Gasteiger partial charge in [0.25, 0.3) is 0 Å². The second-order valence-corrected chi connectivity index (χ2v) is 6.58. The van der Waals surface area contributed by atoms with E-state index in [9.17, 15) is 4.79 Å². The fourth-order valence-corrected chi connectivity index (χ4v) is 3.17. The number of hydrogen-bond donors (Lipinski definition) is 1.